The molecular weight excluding hydrogens is 356 g/mol. The van der Waals surface area contributed by atoms with Crippen LogP contribution in [0.3, 0.4) is 0 Å². The Balaban J connectivity index is 1.95. The summed E-state index contributed by atoms with van der Waals surface area (Å²) in [6.07, 6.45) is 4.62. The predicted octanol–water partition coefficient (Wildman–Crippen LogP) is 3.82. The molecule has 0 aliphatic heterocycles. The molecule has 1 aliphatic rings. The van der Waals surface area contributed by atoms with Crippen LogP contribution in [0.25, 0.3) is 0 Å². The standard InChI is InChI=1S/C22H28N2O4/c1-16-8-6-9-17(2)20(16)23-21(26)22(11-4-5-12-22)24(19(25)15-27-3)14-18-10-7-13-28-18/h6-10,13H,4-5,11-12,14-15H2,1-3H3,(H,23,26). The van der Waals surface area contributed by atoms with Gasteiger partial charge in [0.2, 0.25) is 11.8 Å². The van der Waals surface area contributed by atoms with E-state index in [0.717, 1.165) is 29.7 Å². The molecule has 1 saturated carbocycles. The molecule has 6 heteroatoms. The fraction of sp³-hybridized carbons (Fsp3) is 0.455. The van der Waals surface area contributed by atoms with Crippen molar-refractivity contribution in [2.75, 3.05) is 19.0 Å². The van der Waals surface area contributed by atoms with Crippen molar-refractivity contribution in [2.24, 2.45) is 0 Å². The summed E-state index contributed by atoms with van der Waals surface area (Å²) in [5.41, 5.74) is 1.91. The highest BCUT2D eigenvalue weighted by Gasteiger charge is 2.48. The van der Waals surface area contributed by atoms with Gasteiger partial charge in [-0.3, -0.25) is 9.59 Å². The molecule has 1 N–H and O–H groups in total. The van der Waals surface area contributed by atoms with E-state index in [0.29, 0.717) is 18.6 Å². The number of hydrogen-bond donors (Lipinski definition) is 1. The number of benzene rings is 1. The summed E-state index contributed by atoms with van der Waals surface area (Å²) >= 11 is 0. The quantitative estimate of drug-likeness (QED) is 0.788. The highest BCUT2D eigenvalue weighted by atomic mass is 16.5. The topological polar surface area (TPSA) is 71.8 Å². The van der Waals surface area contributed by atoms with E-state index in [4.69, 9.17) is 9.15 Å². The molecule has 0 unspecified atom stereocenters. The van der Waals surface area contributed by atoms with E-state index in [1.165, 1.54) is 7.11 Å². The summed E-state index contributed by atoms with van der Waals surface area (Å²) in [5, 5.41) is 3.11. The van der Waals surface area contributed by atoms with Crippen molar-refractivity contribution in [1.82, 2.24) is 4.90 Å². The molecule has 1 aliphatic carbocycles. The number of nitrogens with zero attached hydrogens (tertiary/aromatic N) is 1. The molecule has 6 nitrogen and oxygen atoms in total. The zero-order chi connectivity index (χ0) is 20.1. The number of hydrogen-bond acceptors (Lipinski definition) is 4. The second kappa shape index (κ2) is 8.61. The van der Waals surface area contributed by atoms with Crippen LogP contribution in [-0.2, 0) is 20.9 Å². The van der Waals surface area contributed by atoms with Gasteiger partial charge in [0.15, 0.2) is 0 Å². The number of anilines is 1. The second-order valence-corrected chi connectivity index (χ2v) is 7.45. The maximum Gasteiger partial charge on any atom is 0.250 e. The van der Waals surface area contributed by atoms with Crippen molar-refractivity contribution in [2.45, 2.75) is 51.6 Å². The number of furan rings is 1. The van der Waals surface area contributed by atoms with Gasteiger partial charge in [0.1, 0.15) is 17.9 Å². The summed E-state index contributed by atoms with van der Waals surface area (Å²) in [5.74, 6) is 0.298. The molecule has 1 aromatic heterocycles. The molecule has 1 heterocycles. The van der Waals surface area contributed by atoms with Crippen molar-refractivity contribution in [3.05, 3.63) is 53.5 Å². The maximum absolute atomic E-state index is 13.5. The molecule has 28 heavy (non-hydrogen) atoms. The first-order valence-corrected chi connectivity index (χ1v) is 9.67. The van der Waals surface area contributed by atoms with Gasteiger partial charge in [-0.15, -0.1) is 0 Å². The number of ether oxygens (including phenoxy) is 1. The molecule has 1 aromatic carbocycles. The van der Waals surface area contributed by atoms with Gasteiger partial charge in [0.05, 0.1) is 12.8 Å². The van der Waals surface area contributed by atoms with Crippen molar-refractivity contribution >= 4 is 17.5 Å². The molecule has 0 radical (unpaired) electrons. The van der Waals surface area contributed by atoms with Crippen LogP contribution in [0.1, 0.15) is 42.6 Å². The number of rotatable bonds is 7. The van der Waals surface area contributed by atoms with Crippen LogP contribution in [0.5, 0.6) is 0 Å². The zero-order valence-corrected chi connectivity index (χ0v) is 16.8. The number of para-hydroxylation sites is 1. The Hall–Kier alpha value is -2.60. The Morgan fingerprint density at radius 2 is 1.82 bits per heavy atom. The van der Waals surface area contributed by atoms with Gasteiger partial charge in [0, 0.05) is 12.8 Å². The smallest absolute Gasteiger partial charge is 0.250 e. The average Bonchev–Trinajstić information content (AvgIpc) is 3.35. The second-order valence-electron chi connectivity index (χ2n) is 7.45. The Morgan fingerprint density at radius 3 is 2.39 bits per heavy atom. The largest absolute Gasteiger partial charge is 0.467 e. The fourth-order valence-corrected chi connectivity index (χ4v) is 4.06. The third kappa shape index (κ3) is 3.97. The van der Waals surface area contributed by atoms with E-state index in [-0.39, 0.29) is 25.0 Å². The first-order valence-electron chi connectivity index (χ1n) is 9.67. The minimum absolute atomic E-state index is 0.0703. The Kier molecular flexibility index (Phi) is 6.19. The van der Waals surface area contributed by atoms with Crippen molar-refractivity contribution in [3.63, 3.8) is 0 Å². The lowest BCUT2D eigenvalue weighted by Crippen LogP contribution is -2.58. The average molecular weight is 384 g/mol. The van der Waals surface area contributed by atoms with Gasteiger partial charge < -0.3 is 19.4 Å². The number of carbonyl (C=O) groups excluding carboxylic acids is 2. The molecule has 0 bridgehead atoms. The van der Waals surface area contributed by atoms with Gasteiger partial charge in [-0.25, -0.2) is 0 Å². The molecule has 2 aromatic rings. The maximum atomic E-state index is 13.5. The van der Waals surface area contributed by atoms with Crippen LogP contribution in [-0.4, -0.2) is 36.0 Å². The number of aryl methyl sites for hydroxylation is 2. The highest BCUT2D eigenvalue weighted by Crippen LogP contribution is 2.38. The molecule has 0 saturated heterocycles. The van der Waals surface area contributed by atoms with Gasteiger partial charge >= 0.3 is 0 Å². The monoisotopic (exact) mass is 384 g/mol. The lowest BCUT2D eigenvalue weighted by atomic mass is 9.92. The highest BCUT2D eigenvalue weighted by molar-refractivity contribution is 6.01. The van der Waals surface area contributed by atoms with Gasteiger partial charge in [0.25, 0.3) is 0 Å². The molecule has 0 spiro atoms. The van der Waals surface area contributed by atoms with Gasteiger partial charge in [-0.2, -0.15) is 0 Å². The lowest BCUT2D eigenvalue weighted by Gasteiger charge is -2.39. The van der Waals surface area contributed by atoms with Crippen LogP contribution in [0.15, 0.2) is 41.0 Å². The van der Waals surface area contributed by atoms with Gasteiger partial charge in [-0.1, -0.05) is 31.0 Å². The SMILES string of the molecule is COCC(=O)N(Cc1ccco1)C1(C(=O)Nc2c(C)cccc2C)CCCC1. The van der Waals surface area contributed by atoms with Crippen LogP contribution >= 0.6 is 0 Å². The fourth-order valence-electron chi connectivity index (χ4n) is 4.06. The first-order chi connectivity index (χ1) is 13.5. The summed E-state index contributed by atoms with van der Waals surface area (Å²) in [4.78, 5) is 28.1. The summed E-state index contributed by atoms with van der Waals surface area (Å²) in [7, 11) is 1.49. The van der Waals surface area contributed by atoms with E-state index in [1.807, 2.05) is 38.1 Å². The molecule has 3 rings (SSSR count). The number of nitrogens with one attached hydrogen (secondary N) is 1. The van der Waals surface area contributed by atoms with E-state index in [9.17, 15) is 9.59 Å². The summed E-state index contributed by atoms with van der Waals surface area (Å²) < 4.78 is 10.6. The number of carbonyl (C=O) groups is 2. The van der Waals surface area contributed by atoms with Crippen molar-refractivity contribution in [3.8, 4) is 0 Å². The molecule has 2 amide bonds. The van der Waals surface area contributed by atoms with E-state index in [2.05, 4.69) is 5.32 Å². The van der Waals surface area contributed by atoms with Crippen LogP contribution in [0.4, 0.5) is 5.69 Å². The van der Waals surface area contributed by atoms with E-state index in [1.54, 1.807) is 17.2 Å². The number of methoxy groups -OCH3 is 1. The van der Waals surface area contributed by atoms with E-state index < -0.39 is 5.54 Å². The normalized spacial score (nSPS) is 15.4. The Bertz CT molecular complexity index is 803. The van der Waals surface area contributed by atoms with Crippen molar-refractivity contribution in [1.29, 1.82) is 0 Å². The minimum atomic E-state index is -0.906. The predicted molar refractivity (Wildman–Crippen MR) is 107 cm³/mol. The third-order valence-electron chi connectivity index (χ3n) is 5.55. The zero-order valence-electron chi connectivity index (χ0n) is 16.8. The molecule has 150 valence electrons. The summed E-state index contributed by atoms with van der Waals surface area (Å²) in [6.45, 7) is 4.12. The lowest BCUT2D eigenvalue weighted by molar-refractivity contribution is -0.149. The van der Waals surface area contributed by atoms with Crippen molar-refractivity contribution < 1.29 is 18.7 Å². The summed E-state index contributed by atoms with van der Waals surface area (Å²) in [6, 6.07) is 9.52. The van der Waals surface area contributed by atoms with Crippen LogP contribution < -0.4 is 5.32 Å². The Labute approximate surface area is 165 Å². The first kappa shape index (κ1) is 20.1. The van der Waals surface area contributed by atoms with Crippen LogP contribution in [0, 0.1) is 13.8 Å². The van der Waals surface area contributed by atoms with Gasteiger partial charge in [-0.05, 0) is 49.9 Å². The molecule has 0 atom stereocenters. The molecule has 1 fully saturated rings. The third-order valence-corrected chi connectivity index (χ3v) is 5.55. The van der Waals surface area contributed by atoms with E-state index >= 15 is 0 Å². The van der Waals surface area contributed by atoms with Crippen LogP contribution in [0.2, 0.25) is 0 Å². The minimum Gasteiger partial charge on any atom is -0.467 e. The Morgan fingerprint density at radius 1 is 1.14 bits per heavy atom. The molecular formula is C22H28N2O4. The number of amides is 2.